The zero-order valence-corrected chi connectivity index (χ0v) is 17.1. The maximum absolute atomic E-state index is 11.8. The van der Waals surface area contributed by atoms with Crippen LogP contribution in [0.2, 0.25) is 0 Å². The highest BCUT2D eigenvalue weighted by atomic mass is 16.2. The van der Waals surface area contributed by atoms with Gasteiger partial charge < -0.3 is 4.90 Å². The SMILES string of the molecule is Cc1cc(C)n2ncc(-c3nccn3-c3ccc(CCC(=O)N(C)C)cc3)c2n1. The predicted octanol–water partition coefficient (Wildman–Crippen LogP) is 3.22. The molecular weight excluding hydrogens is 364 g/mol. The molecule has 0 aliphatic heterocycles. The maximum atomic E-state index is 11.8. The van der Waals surface area contributed by atoms with Gasteiger partial charge in [0.25, 0.3) is 0 Å². The van der Waals surface area contributed by atoms with E-state index in [0.717, 1.165) is 46.1 Å². The summed E-state index contributed by atoms with van der Waals surface area (Å²) in [5.74, 6) is 0.935. The van der Waals surface area contributed by atoms with E-state index in [1.807, 2.05) is 41.4 Å². The molecule has 0 spiro atoms. The quantitative estimate of drug-likeness (QED) is 0.526. The van der Waals surface area contributed by atoms with Gasteiger partial charge in [0.15, 0.2) is 5.65 Å². The molecule has 0 unspecified atom stereocenters. The molecule has 0 radical (unpaired) electrons. The number of hydrogen-bond acceptors (Lipinski definition) is 4. The van der Waals surface area contributed by atoms with Gasteiger partial charge in [-0.15, -0.1) is 0 Å². The lowest BCUT2D eigenvalue weighted by Crippen LogP contribution is -2.21. The fraction of sp³-hybridized carbons (Fsp3) is 0.273. The second-order valence-corrected chi connectivity index (χ2v) is 7.41. The van der Waals surface area contributed by atoms with Crippen molar-refractivity contribution in [2.24, 2.45) is 0 Å². The number of amides is 1. The first-order chi connectivity index (χ1) is 13.9. The van der Waals surface area contributed by atoms with Gasteiger partial charge in [-0.1, -0.05) is 12.1 Å². The van der Waals surface area contributed by atoms with Crippen LogP contribution < -0.4 is 0 Å². The molecule has 0 aliphatic carbocycles. The van der Waals surface area contributed by atoms with E-state index in [4.69, 9.17) is 0 Å². The van der Waals surface area contributed by atoms with Crippen molar-refractivity contribution in [1.29, 1.82) is 0 Å². The number of carbonyl (C=O) groups is 1. The number of nitrogens with zero attached hydrogens (tertiary/aromatic N) is 6. The fourth-order valence-electron chi connectivity index (χ4n) is 3.44. The molecule has 0 fully saturated rings. The molecule has 0 aliphatic rings. The van der Waals surface area contributed by atoms with E-state index in [-0.39, 0.29) is 5.91 Å². The van der Waals surface area contributed by atoms with Crippen LogP contribution in [0.4, 0.5) is 0 Å². The topological polar surface area (TPSA) is 68.3 Å². The molecule has 148 valence electrons. The Bertz CT molecular complexity index is 1170. The van der Waals surface area contributed by atoms with Crippen LogP contribution in [0.1, 0.15) is 23.4 Å². The highest BCUT2D eigenvalue weighted by Gasteiger charge is 2.16. The summed E-state index contributed by atoms with van der Waals surface area (Å²) in [6, 6.07) is 10.2. The summed E-state index contributed by atoms with van der Waals surface area (Å²) in [7, 11) is 3.56. The molecule has 4 aromatic rings. The Labute approximate surface area is 169 Å². The summed E-state index contributed by atoms with van der Waals surface area (Å²) in [6.45, 7) is 4.00. The lowest BCUT2D eigenvalue weighted by atomic mass is 10.1. The minimum Gasteiger partial charge on any atom is -0.349 e. The van der Waals surface area contributed by atoms with Gasteiger partial charge in [-0.2, -0.15) is 5.10 Å². The van der Waals surface area contributed by atoms with Crippen LogP contribution in [0.3, 0.4) is 0 Å². The van der Waals surface area contributed by atoms with Gasteiger partial charge in [-0.3, -0.25) is 9.36 Å². The van der Waals surface area contributed by atoms with E-state index in [1.54, 1.807) is 25.2 Å². The van der Waals surface area contributed by atoms with Crippen LogP contribution in [0.5, 0.6) is 0 Å². The monoisotopic (exact) mass is 388 g/mol. The number of carbonyl (C=O) groups excluding carboxylic acids is 1. The van der Waals surface area contributed by atoms with Gasteiger partial charge in [0.05, 0.1) is 11.8 Å². The maximum Gasteiger partial charge on any atom is 0.222 e. The lowest BCUT2D eigenvalue weighted by molar-refractivity contribution is -0.128. The Balaban J connectivity index is 1.64. The van der Waals surface area contributed by atoms with Gasteiger partial charge in [0.1, 0.15) is 5.82 Å². The Morgan fingerprint density at radius 2 is 1.90 bits per heavy atom. The molecular formula is C22H24N6O. The van der Waals surface area contributed by atoms with Crippen LogP contribution in [0.15, 0.2) is 48.9 Å². The third-order valence-corrected chi connectivity index (χ3v) is 5.00. The summed E-state index contributed by atoms with van der Waals surface area (Å²) < 4.78 is 3.87. The molecule has 3 aromatic heterocycles. The van der Waals surface area contributed by atoms with E-state index in [1.165, 1.54) is 0 Å². The van der Waals surface area contributed by atoms with Crippen molar-refractivity contribution in [1.82, 2.24) is 29.0 Å². The van der Waals surface area contributed by atoms with Crippen LogP contribution in [0.25, 0.3) is 22.7 Å². The second kappa shape index (κ2) is 7.50. The molecule has 7 heteroatoms. The lowest BCUT2D eigenvalue weighted by Gasteiger charge is -2.11. The molecule has 29 heavy (non-hydrogen) atoms. The van der Waals surface area contributed by atoms with Crippen LogP contribution in [0, 0.1) is 13.8 Å². The molecule has 1 aromatic carbocycles. The number of aryl methyl sites for hydroxylation is 3. The largest absolute Gasteiger partial charge is 0.349 e. The van der Waals surface area contributed by atoms with E-state index in [0.29, 0.717) is 6.42 Å². The third kappa shape index (κ3) is 3.63. The average molecular weight is 388 g/mol. The van der Waals surface area contributed by atoms with Crippen molar-refractivity contribution in [2.75, 3.05) is 14.1 Å². The Hall–Kier alpha value is -3.48. The normalized spacial score (nSPS) is 11.2. The van der Waals surface area contributed by atoms with Crippen molar-refractivity contribution in [3.63, 3.8) is 0 Å². The summed E-state index contributed by atoms with van der Waals surface area (Å²) >= 11 is 0. The number of benzene rings is 1. The van der Waals surface area contributed by atoms with Gasteiger partial charge in [-0.05, 0) is 44.0 Å². The molecule has 4 rings (SSSR count). The van der Waals surface area contributed by atoms with Crippen LogP contribution in [-0.2, 0) is 11.2 Å². The summed E-state index contributed by atoms with van der Waals surface area (Å²) in [4.78, 5) is 22.7. The van der Waals surface area contributed by atoms with E-state index < -0.39 is 0 Å². The number of aromatic nitrogens is 5. The Kier molecular flexibility index (Phi) is 4.88. The van der Waals surface area contributed by atoms with Crippen molar-refractivity contribution < 1.29 is 4.79 Å². The molecule has 7 nitrogen and oxygen atoms in total. The molecule has 0 saturated heterocycles. The van der Waals surface area contributed by atoms with Gasteiger partial charge in [-0.25, -0.2) is 14.5 Å². The zero-order chi connectivity index (χ0) is 20.5. The summed E-state index contributed by atoms with van der Waals surface area (Å²) in [6.07, 6.45) is 6.77. The molecule has 3 heterocycles. The van der Waals surface area contributed by atoms with Crippen molar-refractivity contribution in [2.45, 2.75) is 26.7 Å². The highest BCUT2D eigenvalue weighted by molar-refractivity contribution is 5.76. The van der Waals surface area contributed by atoms with Crippen molar-refractivity contribution in [3.8, 4) is 17.1 Å². The first-order valence-corrected chi connectivity index (χ1v) is 9.59. The minimum atomic E-state index is 0.136. The van der Waals surface area contributed by atoms with Gasteiger partial charge >= 0.3 is 0 Å². The second-order valence-electron chi connectivity index (χ2n) is 7.41. The molecule has 1 amide bonds. The van der Waals surface area contributed by atoms with Crippen LogP contribution >= 0.6 is 0 Å². The fourth-order valence-corrected chi connectivity index (χ4v) is 3.44. The number of imidazole rings is 1. The number of hydrogen-bond donors (Lipinski definition) is 0. The van der Waals surface area contributed by atoms with Crippen molar-refractivity contribution >= 4 is 11.6 Å². The number of rotatable bonds is 5. The molecule has 0 N–H and O–H groups in total. The predicted molar refractivity (Wildman–Crippen MR) is 112 cm³/mol. The van der Waals surface area contributed by atoms with Crippen molar-refractivity contribution in [3.05, 3.63) is 65.9 Å². The molecule has 0 saturated carbocycles. The highest BCUT2D eigenvalue weighted by Crippen LogP contribution is 2.25. The van der Waals surface area contributed by atoms with Crippen LogP contribution in [-0.4, -0.2) is 49.1 Å². The summed E-state index contributed by atoms with van der Waals surface area (Å²) in [5.41, 5.74) is 5.81. The minimum absolute atomic E-state index is 0.136. The number of fused-ring (bicyclic) bond motifs is 1. The van der Waals surface area contributed by atoms with Gasteiger partial charge in [0.2, 0.25) is 5.91 Å². The van der Waals surface area contributed by atoms with E-state index >= 15 is 0 Å². The van der Waals surface area contributed by atoms with E-state index in [2.05, 4.69) is 39.3 Å². The summed E-state index contributed by atoms with van der Waals surface area (Å²) in [5, 5.41) is 4.48. The smallest absolute Gasteiger partial charge is 0.222 e. The Morgan fingerprint density at radius 1 is 1.14 bits per heavy atom. The zero-order valence-electron chi connectivity index (χ0n) is 17.1. The molecule has 0 atom stereocenters. The standard InChI is InChI=1S/C22H24N6O/c1-15-13-16(2)28-22(25-15)19(14-24-28)21-23-11-12-27(21)18-8-5-17(6-9-18)7-10-20(29)26(3)4/h5-6,8-9,11-14H,7,10H2,1-4H3. The Morgan fingerprint density at radius 3 is 2.62 bits per heavy atom. The molecule has 0 bridgehead atoms. The third-order valence-electron chi connectivity index (χ3n) is 5.00. The first-order valence-electron chi connectivity index (χ1n) is 9.59. The van der Waals surface area contributed by atoms with Gasteiger partial charge in [0, 0.05) is 50.0 Å². The van der Waals surface area contributed by atoms with E-state index in [9.17, 15) is 4.79 Å². The first kappa shape index (κ1) is 18.9. The average Bonchev–Trinajstić information content (AvgIpc) is 3.33.